The summed E-state index contributed by atoms with van der Waals surface area (Å²) in [5, 5.41) is 8.56. The quantitative estimate of drug-likeness (QED) is 0.750. The minimum Gasteiger partial charge on any atom is -0.481 e. The Hall–Kier alpha value is -2.04. The van der Waals surface area contributed by atoms with Crippen molar-refractivity contribution in [2.24, 2.45) is 0 Å². The molecule has 0 saturated heterocycles. The minimum absolute atomic E-state index is 0.113. The van der Waals surface area contributed by atoms with Gasteiger partial charge in [-0.25, -0.2) is 4.98 Å². The second kappa shape index (κ2) is 3.37. The Morgan fingerprint density at radius 2 is 2.21 bits per heavy atom. The number of carbonyl (C=O) groups is 1. The lowest BCUT2D eigenvalue weighted by molar-refractivity contribution is -0.136. The largest absolute Gasteiger partial charge is 0.481 e. The fourth-order valence-electron chi connectivity index (χ4n) is 1.14. The van der Waals surface area contributed by atoms with Crippen LogP contribution in [0.3, 0.4) is 0 Å². The van der Waals surface area contributed by atoms with E-state index in [2.05, 4.69) is 15.0 Å². The number of nitrogens with zero attached hydrogens (tertiary/aromatic N) is 3. The van der Waals surface area contributed by atoms with Crippen LogP contribution in [0.25, 0.3) is 11.0 Å². The summed E-state index contributed by atoms with van der Waals surface area (Å²) in [6, 6.07) is 1.73. The summed E-state index contributed by atoms with van der Waals surface area (Å²) in [4.78, 5) is 22.5. The van der Waals surface area contributed by atoms with Crippen molar-refractivity contribution in [3.63, 3.8) is 0 Å². The van der Waals surface area contributed by atoms with E-state index in [1.54, 1.807) is 18.5 Å². The predicted octanol–water partition coefficient (Wildman–Crippen LogP) is 0.652. The molecule has 2 heterocycles. The maximum Gasteiger partial charge on any atom is 0.309 e. The third kappa shape index (κ3) is 1.66. The van der Waals surface area contributed by atoms with Gasteiger partial charge in [-0.05, 0) is 6.07 Å². The van der Waals surface area contributed by atoms with Crippen molar-refractivity contribution in [2.75, 3.05) is 0 Å². The van der Waals surface area contributed by atoms with Crippen LogP contribution in [0.4, 0.5) is 0 Å². The first-order valence-electron chi connectivity index (χ1n) is 4.03. The standard InChI is InChI=1S/C9H7N3O2/c13-9(14)3-6-4-11-7-1-2-10-5-8(7)12-6/h1-2,4-5H,3H2,(H,13,14). The van der Waals surface area contributed by atoms with Gasteiger partial charge in [0.15, 0.2) is 0 Å². The fraction of sp³-hybridized carbons (Fsp3) is 0.111. The lowest BCUT2D eigenvalue weighted by Gasteiger charge is -1.98. The van der Waals surface area contributed by atoms with Gasteiger partial charge in [0.05, 0.1) is 23.8 Å². The number of hydrogen-bond donors (Lipinski definition) is 1. The first kappa shape index (κ1) is 8.55. The summed E-state index contributed by atoms with van der Waals surface area (Å²) in [7, 11) is 0. The third-order valence-electron chi connectivity index (χ3n) is 1.73. The number of aliphatic carboxylic acids is 1. The molecule has 0 aromatic carbocycles. The molecule has 0 fully saturated rings. The van der Waals surface area contributed by atoms with Crippen molar-refractivity contribution < 1.29 is 9.90 Å². The topological polar surface area (TPSA) is 76.0 Å². The SMILES string of the molecule is O=C(O)Cc1cnc2ccncc2n1. The number of aromatic nitrogens is 3. The zero-order valence-electron chi connectivity index (χ0n) is 7.21. The van der Waals surface area contributed by atoms with Crippen molar-refractivity contribution in [3.8, 4) is 0 Å². The van der Waals surface area contributed by atoms with Crippen LogP contribution >= 0.6 is 0 Å². The average Bonchev–Trinajstić information content (AvgIpc) is 2.17. The summed E-state index contributed by atoms with van der Waals surface area (Å²) < 4.78 is 0. The molecular weight excluding hydrogens is 182 g/mol. The van der Waals surface area contributed by atoms with E-state index in [4.69, 9.17) is 5.11 Å². The highest BCUT2D eigenvalue weighted by Crippen LogP contribution is 2.06. The average molecular weight is 189 g/mol. The third-order valence-corrected chi connectivity index (χ3v) is 1.73. The van der Waals surface area contributed by atoms with Gasteiger partial charge in [-0.1, -0.05) is 0 Å². The lowest BCUT2D eigenvalue weighted by Crippen LogP contribution is -2.03. The second-order valence-corrected chi connectivity index (χ2v) is 2.80. The van der Waals surface area contributed by atoms with Crippen LogP contribution in [0.1, 0.15) is 5.69 Å². The number of fused-ring (bicyclic) bond motifs is 1. The van der Waals surface area contributed by atoms with Gasteiger partial charge >= 0.3 is 5.97 Å². The fourth-order valence-corrected chi connectivity index (χ4v) is 1.14. The maximum atomic E-state index is 10.4. The van der Waals surface area contributed by atoms with Gasteiger partial charge in [-0.2, -0.15) is 0 Å². The van der Waals surface area contributed by atoms with Crippen LogP contribution in [0.2, 0.25) is 0 Å². The molecule has 2 aromatic heterocycles. The van der Waals surface area contributed by atoms with Crippen molar-refractivity contribution in [1.29, 1.82) is 0 Å². The molecule has 5 heteroatoms. The summed E-state index contributed by atoms with van der Waals surface area (Å²) in [6.45, 7) is 0. The molecule has 0 radical (unpaired) electrons. The number of carboxylic acid groups (broad SMARTS) is 1. The van der Waals surface area contributed by atoms with Gasteiger partial charge < -0.3 is 5.11 Å². The van der Waals surface area contributed by atoms with Crippen molar-refractivity contribution in [1.82, 2.24) is 15.0 Å². The number of hydrogen-bond acceptors (Lipinski definition) is 4. The van der Waals surface area contributed by atoms with E-state index < -0.39 is 5.97 Å². The summed E-state index contributed by atoms with van der Waals surface area (Å²) in [6.07, 6.45) is 4.54. The number of rotatable bonds is 2. The summed E-state index contributed by atoms with van der Waals surface area (Å²) >= 11 is 0. The van der Waals surface area contributed by atoms with Gasteiger partial charge in [0, 0.05) is 12.4 Å². The van der Waals surface area contributed by atoms with Crippen molar-refractivity contribution >= 4 is 17.0 Å². The minimum atomic E-state index is -0.914. The van der Waals surface area contributed by atoms with Gasteiger partial charge in [-0.15, -0.1) is 0 Å². The van der Waals surface area contributed by atoms with Gasteiger partial charge in [0.1, 0.15) is 5.52 Å². The smallest absolute Gasteiger partial charge is 0.309 e. The highest BCUT2D eigenvalue weighted by atomic mass is 16.4. The molecule has 0 aliphatic rings. The molecule has 0 saturated carbocycles. The first-order valence-corrected chi connectivity index (χ1v) is 4.03. The molecule has 2 aromatic rings. The molecule has 1 N–H and O–H groups in total. The first-order chi connectivity index (χ1) is 6.75. The van der Waals surface area contributed by atoms with Crippen LogP contribution in [0.15, 0.2) is 24.7 Å². The Balaban J connectivity index is 2.46. The Kier molecular flexibility index (Phi) is 2.06. The lowest BCUT2D eigenvalue weighted by atomic mass is 10.3. The Labute approximate surface area is 79.5 Å². The molecular formula is C9H7N3O2. The molecule has 70 valence electrons. The maximum absolute atomic E-state index is 10.4. The summed E-state index contributed by atoms with van der Waals surface area (Å²) in [5.74, 6) is -0.914. The molecule has 2 rings (SSSR count). The van der Waals surface area contributed by atoms with E-state index >= 15 is 0 Å². The van der Waals surface area contributed by atoms with Crippen LogP contribution in [-0.4, -0.2) is 26.0 Å². The monoisotopic (exact) mass is 189 g/mol. The van der Waals surface area contributed by atoms with Gasteiger partial charge in [0.2, 0.25) is 0 Å². The zero-order valence-corrected chi connectivity index (χ0v) is 7.21. The van der Waals surface area contributed by atoms with Crippen LogP contribution < -0.4 is 0 Å². The predicted molar refractivity (Wildman–Crippen MR) is 48.7 cm³/mol. The molecule has 14 heavy (non-hydrogen) atoms. The molecule has 0 aliphatic heterocycles. The van der Waals surface area contributed by atoms with Gasteiger partial charge in [0.25, 0.3) is 0 Å². The second-order valence-electron chi connectivity index (χ2n) is 2.80. The zero-order chi connectivity index (χ0) is 9.97. The molecule has 0 amide bonds. The van der Waals surface area contributed by atoms with E-state index in [9.17, 15) is 4.79 Å². The van der Waals surface area contributed by atoms with E-state index in [1.807, 2.05) is 0 Å². The van der Waals surface area contributed by atoms with Crippen LogP contribution in [-0.2, 0) is 11.2 Å². The van der Waals surface area contributed by atoms with Crippen molar-refractivity contribution in [3.05, 3.63) is 30.4 Å². The molecule has 0 atom stereocenters. The molecule has 0 spiro atoms. The molecule has 0 bridgehead atoms. The molecule has 0 unspecified atom stereocenters. The molecule has 0 aliphatic carbocycles. The highest BCUT2D eigenvalue weighted by Gasteiger charge is 2.03. The van der Waals surface area contributed by atoms with E-state index in [1.165, 1.54) is 6.20 Å². The van der Waals surface area contributed by atoms with E-state index in [0.717, 1.165) is 0 Å². The Bertz CT molecular complexity index is 484. The number of pyridine rings is 1. The molecule has 5 nitrogen and oxygen atoms in total. The summed E-state index contributed by atoms with van der Waals surface area (Å²) in [5.41, 5.74) is 1.78. The van der Waals surface area contributed by atoms with Crippen LogP contribution in [0.5, 0.6) is 0 Å². The van der Waals surface area contributed by atoms with E-state index in [0.29, 0.717) is 16.7 Å². The Morgan fingerprint density at radius 1 is 1.36 bits per heavy atom. The van der Waals surface area contributed by atoms with Gasteiger partial charge in [-0.3, -0.25) is 14.8 Å². The van der Waals surface area contributed by atoms with Crippen LogP contribution in [0, 0.1) is 0 Å². The highest BCUT2D eigenvalue weighted by molar-refractivity contribution is 5.74. The van der Waals surface area contributed by atoms with Crippen molar-refractivity contribution in [2.45, 2.75) is 6.42 Å². The number of carboxylic acids is 1. The van der Waals surface area contributed by atoms with E-state index in [-0.39, 0.29) is 6.42 Å². The Morgan fingerprint density at radius 3 is 3.00 bits per heavy atom. The normalized spacial score (nSPS) is 10.3.